The maximum Gasteiger partial charge on any atom is 0.212 e. The molecule has 0 atom stereocenters. The molecule has 0 radical (unpaired) electrons. The zero-order valence-corrected chi connectivity index (χ0v) is 10.4. The summed E-state index contributed by atoms with van der Waals surface area (Å²) in [5.41, 5.74) is 7.21. The number of aryl methyl sites for hydroxylation is 1. The Hall–Kier alpha value is -1.07. The molecule has 5 heteroatoms. The van der Waals surface area contributed by atoms with E-state index in [1.165, 1.54) is 0 Å². The zero-order chi connectivity index (χ0) is 12.2. The zero-order valence-electron chi connectivity index (χ0n) is 9.60. The average Bonchev–Trinajstić information content (AvgIpc) is 2.15. The molecule has 0 unspecified atom stereocenters. The molecule has 1 rings (SSSR count). The van der Waals surface area contributed by atoms with Crippen LogP contribution in [-0.2, 0) is 16.4 Å². The van der Waals surface area contributed by atoms with E-state index in [1.807, 2.05) is 12.1 Å². The second-order valence-corrected chi connectivity index (χ2v) is 5.96. The fourth-order valence-corrected chi connectivity index (χ4v) is 2.70. The highest BCUT2D eigenvalue weighted by Gasteiger charge is 2.11. The lowest BCUT2D eigenvalue weighted by Crippen LogP contribution is -2.32. The third-order valence-electron chi connectivity index (χ3n) is 2.05. The van der Waals surface area contributed by atoms with Crippen molar-refractivity contribution >= 4 is 15.7 Å². The summed E-state index contributed by atoms with van der Waals surface area (Å²) in [7, 11) is -3.17. The lowest BCUT2D eigenvalue weighted by atomic mass is 10.2. The maximum absolute atomic E-state index is 11.5. The highest BCUT2D eigenvalue weighted by molar-refractivity contribution is 7.89. The lowest BCUT2D eigenvalue weighted by molar-refractivity contribution is 0.569. The van der Waals surface area contributed by atoms with Crippen LogP contribution in [0, 0.1) is 0 Å². The van der Waals surface area contributed by atoms with Crippen LogP contribution in [-0.4, -0.2) is 20.2 Å². The molecule has 0 heterocycles. The molecule has 0 aliphatic carbocycles. The summed E-state index contributed by atoms with van der Waals surface area (Å²) < 4.78 is 25.6. The van der Waals surface area contributed by atoms with Gasteiger partial charge in [-0.05, 0) is 38.0 Å². The number of hydrogen-bond donors (Lipinski definition) is 2. The molecule has 16 heavy (non-hydrogen) atoms. The molecule has 0 aliphatic heterocycles. The van der Waals surface area contributed by atoms with Crippen molar-refractivity contribution in [3.63, 3.8) is 0 Å². The van der Waals surface area contributed by atoms with Gasteiger partial charge in [-0.25, -0.2) is 13.1 Å². The molecule has 0 bridgehead atoms. The van der Waals surface area contributed by atoms with Crippen LogP contribution in [0.5, 0.6) is 0 Å². The van der Waals surface area contributed by atoms with E-state index in [9.17, 15) is 8.42 Å². The van der Waals surface area contributed by atoms with E-state index in [0.717, 1.165) is 5.56 Å². The molecule has 0 fully saturated rings. The molecular formula is C11H18N2O2S. The molecule has 90 valence electrons. The first-order valence-electron chi connectivity index (χ1n) is 5.23. The van der Waals surface area contributed by atoms with Crippen LogP contribution < -0.4 is 10.5 Å². The van der Waals surface area contributed by atoms with Crippen molar-refractivity contribution in [2.45, 2.75) is 26.3 Å². The summed E-state index contributed by atoms with van der Waals surface area (Å²) in [6.07, 6.45) is 0.502. The second-order valence-electron chi connectivity index (χ2n) is 4.08. The lowest BCUT2D eigenvalue weighted by Gasteiger charge is -2.09. The summed E-state index contributed by atoms with van der Waals surface area (Å²) in [6.45, 7) is 3.61. The molecule has 0 amide bonds. The van der Waals surface area contributed by atoms with E-state index in [-0.39, 0.29) is 11.8 Å². The van der Waals surface area contributed by atoms with Crippen molar-refractivity contribution in [3.05, 3.63) is 29.8 Å². The van der Waals surface area contributed by atoms with Crippen molar-refractivity contribution in [3.8, 4) is 0 Å². The summed E-state index contributed by atoms with van der Waals surface area (Å²) in [5.74, 6) is 0.106. The average molecular weight is 242 g/mol. The number of nitrogens with one attached hydrogen (secondary N) is 1. The summed E-state index contributed by atoms with van der Waals surface area (Å²) in [4.78, 5) is 0. The Morgan fingerprint density at radius 2 is 1.81 bits per heavy atom. The predicted octanol–water partition coefficient (Wildman–Crippen LogP) is 1.14. The smallest absolute Gasteiger partial charge is 0.212 e. The highest BCUT2D eigenvalue weighted by Crippen LogP contribution is 2.07. The summed E-state index contributed by atoms with van der Waals surface area (Å²) in [6, 6.07) is 7.19. The maximum atomic E-state index is 11.5. The first-order chi connectivity index (χ1) is 7.39. The minimum Gasteiger partial charge on any atom is -0.399 e. The molecule has 0 saturated heterocycles. The Bertz CT molecular complexity index is 424. The van der Waals surface area contributed by atoms with Gasteiger partial charge in [0.2, 0.25) is 10.0 Å². The Labute approximate surface area is 96.9 Å². The molecule has 1 aromatic rings. The van der Waals surface area contributed by atoms with Crippen LogP contribution in [0.2, 0.25) is 0 Å². The first kappa shape index (κ1) is 13.0. The monoisotopic (exact) mass is 242 g/mol. The largest absolute Gasteiger partial charge is 0.399 e. The molecular weight excluding hydrogens is 224 g/mol. The van der Waals surface area contributed by atoms with E-state index >= 15 is 0 Å². The van der Waals surface area contributed by atoms with Gasteiger partial charge in [-0.3, -0.25) is 0 Å². The minimum atomic E-state index is -3.17. The third-order valence-corrected chi connectivity index (χ3v) is 3.63. The van der Waals surface area contributed by atoms with E-state index < -0.39 is 10.0 Å². The van der Waals surface area contributed by atoms with Gasteiger partial charge in [0.05, 0.1) is 5.75 Å². The quantitative estimate of drug-likeness (QED) is 0.760. The van der Waals surface area contributed by atoms with Crippen LogP contribution >= 0.6 is 0 Å². The van der Waals surface area contributed by atoms with Crippen LogP contribution in [0.15, 0.2) is 24.3 Å². The second kappa shape index (κ2) is 5.32. The van der Waals surface area contributed by atoms with Crippen molar-refractivity contribution in [2.75, 3.05) is 11.5 Å². The normalized spacial score (nSPS) is 11.9. The summed E-state index contributed by atoms with van der Waals surface area (Å²) >= 11 is 0. The van der Waals surface area contributed by atoms with Crippen molar-refractivity contribution in [2.24, 2.45) is 0 Å². The van der Waals surface area contributed by atoms with Gasteiger partial charge < -0.3 is 5.73 Å². The van der Waals surface area contributed by atoms with Gasteiger partial charge in [0.1, 0.15) is 0 Å². The number of anilines is 1. The Morgan fingerprint density at radius 1 is 1.25 bits per heavy atom. The predicted molar refractivity (Wildman–Crippen MR) is 66.6 cm³/mol. The SMILES string of the molecule is CC(C)NS(=O)(=O)CCc1ccc(N)cc1. The van der Waals surface area contributed by atoms with E-state index in [1.54, 1.807) is 26.0 Å². The van der Waals surface area contributed by atoms with E-state index in [2.05, 4.69) is 4.72 Å². The van der Waals surface area contributed by atoms with Crippen LogP contribution in [0.25, 0.3) is 0 Å². The van der Waals surface area contributed by atoms with Gasteiger partial charge in [0, 0.05) is 11.7 Å². The first-order valence-corrected chi connectivity index (χ1v) is 6.89. The Balaban J connectivity index is 2.54. The van der Waals surface area contributed by atoms with Gasteiger partial charge in [-0.15, -0.1) is 0 Å². The van der Waals surface area contributed by atoms with Crippen molar-refractivity contribution in [1.82, 2.24) is 4.72 Å². The number of nitrogen functional groups attached to an aromatic ring is 1. The van der Waals surface area contributed by atoms with Crippen LogP contribution in [0.3, 0.4) is 0 Å². The minimum absolute atomic E-state index is 0.0589. The number of benzene rings is 1. The molecule has 0 saturated carbocycles. The van der Waals surface area contributed by atoms with Gasteiger partial charge in [0.25, 0.3) is 0 Å². The Morgan fingerprint density at radius 3 is 2.31 bits per heavy atom. The highest BCUT2D eigenvalue weighted by atomic mass is 32.2. The molecule has 0 spiro atoms. The standard InChI is InChI=1S/C11H18N2O2S/c1-9(2)13-16(14,15)8-7-10-3-5-11(12)6-4-10/h3-6,9,13H,7-8,12H2,1-2H3. The third kappa shape index (κ3) is 4.63. The number of rotatable bonds is 5. The number of hydrogen-bond acceptors (Lipinski definition) is 3. The van der Waals surface area contributed by atoms with Crippen LogP contribution in [0.1, 0.15) is 19.4 Å². The fraction of sp³-hybridized carbons (Fsp3) is 0.455. The van der Waals surface area contributed by atoms with E-state index in [0.29, 0.717) is 12.1 Å². The van der Waals surface area contributed by atoms with E-state index in [4.69, 9.17) is 5.73 Å². The number of sulfonamides is 1. The van der Waals surface area contributed by atoms with Gasteiger partial charge in [-0.2, -0.15) is 0 Å². The molecule has 3 N–H and O–H groups in total. The molecule has 0 aromatic heterocycles. The van der Waals surface area contributed by atoms with Crippen molar-refractivity contribution in [1.29, 1.82) is 0 Å². The van der Waals surface area contributed by atoms with Crippen molar-refractivity contribution < 1.29 is 8.42 Å². The van der Waals surface area contributed by atoms with Gasteiger partial charge in [-0.1, -0.05) is 12.1 Å². The fourth-order valence-electron chi connectivity index (χ4n) is 1.35. The molecule has 1 aromatic carbocycles. The molecule has 4 nitrogen and oxygen atoms in total. The summed E-state index contributed by atoms with van der Waals surface area (Å²) in [5, 5.41) is 0. The Kier molecular flexibility index (Phi) is 4.32. The van der Waals surface area contributed by atoms with Gasteiger partial charge >= 0.3 is 0 Å². The molecule has 0 aliphatic rings. The van der Waals surface area contributed by atoms with Gasteiger partial charge in [0.15, 0.2) is 0 Å². The van der Waals surface area contributed by atoms with Crippen LogP contribution in [0.4, 0.5) is 5.69 Å². The topological polar surface area (TPSA) is 72.2 Å². The number of nitrogens with two attached hydrogens (primary N) is 1.